The molecule has 1 rings (SSSR count). The molecule has 92 valence electrons. The van der Waals surface area contributed by atoms with Gasteiger partial charge in [-0.25, -0.2) is 0 Å². The Morgan fingerprint density at radius 1 is 1.59 bits per heavy atom. The lowest BCUT2D eigenvalue weighted by Gasteiger charge is -2.07. The van der Waals surface area contributed by atoms with E-state index in [0.29, 0.717) is 11.5 Å². The number of benzene rings is 1. The number of thioether (sulfide) groups is 1. The first kappa shape index (κ1) is 13.3. The molecular weight excluding hydrogens is 246 g/mol. The summed E-state index contributed by atoms with van der Waals surface area (Å²) in [5.74, 6) is -1.09. The van der Waals surface area contributed by atoms with Gasteiger partial charge < -0.3 is 9.84 Å². The van der Waals surface area contributed by atoms with Gasteiger partial charge >= 0.3 is 11.7 Å². The molecule has 1 N–H and O–H groups in total. The van der Waals surface area contributed by atoms with Crippen molar-refractivity contribution in [2.24, 2.45) is 0 Å². The van der Waals surface area contributed by atoms with Crippen molar-refractivity contribution in [3.8, 4) is 5.75 Å². The monoisotopic (exact) mass is 257 g/mol. The van der Waals surface area contributed by atoms with Gasteiger partial charge in [0.15, 0.2) is 5.75 Å². The topological polar surface area (TPSA) is 89.7 Å². The maximum atomic E-state index is 10.9. The molecule has 0 unspecified atom stereocenters. The molecule has 7 heteroatoms. The predicted molar refractivity (Wildman–Crippen MR) is 62.6 cm³/mol. The smallest absolute Gasteiger partial charge is 0.324 e. The van der Waals surface area contributed by atoms with Crippen LogP contribution in [0.5, 0.6) is 5.75 Å². The van der Waals surface area contributed by atoms with Gasteiger partial charge in [-0.05, 0) is 19.1 Å². The number of nitro benzene ring substituents is 1. The minimum atomic E-state index is -1.02. The normalized spacial score (nSPS) is 9.94. The molecule has 0 atom stereocenters. The van der Waals surface area contributed by atoms with E-state index in [4.69, 9.17) is 9.84 Å². The van der Waals surface area contributed by atoms with E-state index in [1.165, 1.54) is 12.1 Å². The van der Waals surface area contributed by atoms with E-state index in [2.05, 4.69) is 0 Å². The molecule has 0 saturated carbocycles. The van der Waals surface area contributed by atoms with Crippen molar-refractivity contribution in [3.05, 3.63) is 28.3 Å². The van der Waals surface area contributed by atoms with E-state index in [1.54, 1.807) is 13.0 Å². The summed E-state index contributed by atoms with van der Waals surface area (Å²) in [6.07, 6.45) is 0. The van der Waals surface area contributed by atoms with Gasteiger partial charge in [-0.2, -0.15) is 0 Å². The summed E-state index contributed by atoms with van der Waals surface area (Å²) in [5.41, 5.74) is -0.180. The van der Waals surface area contributed by atoms with E-state index in [1.807, 2.05) is 0 Å². The third-order valence-corrected chi connectivity index (χ3v) is 2.83. The number of carboxylic acid groups (broad SMARTS) is 1. The fourth-order valence-corrected chi connectivity index (χ4v) is 1.98. The van der Waals surface area contributed by atoms with Crippen LogP contribution < -0.4 is 4.74 Å². The van der Waals surface area contributed by atoms with Gasteiger partial charge in [-0.15, -0.1) is 11.8 Å². The first-order valence-electron chi connectivity index (χ1n) is 4.81. The summed E-state index contributed by atoms with van der Waals surface area (Å²) < 4.78 is 5.14. The Hall–Kier alpha value is -1.76. The highest BCUT2D eigenvalue weighted by molar-refractivity contribution is 8.00. The lowest BCUT2D eigenvalue weighted by atomic mass is 10.3. The Bertz CT molecular complexity index is 435. The average Bonchev–Trinajstić information content (AvgIpc) is 2.26. The van der Waals surface area contributed by atoms with Gasteiger partial charge in [0.1, 0.15) is 0 Å². The lowest BCUT2D eigenvalue weighted by Crippen LogP contribution is -2.01. The van der Waals surface area contributed by atoms with E-state index >= 15 is 0 Å². The fraction of sp³-hybridized carbons (Fsp3) is 0.300. The van der Waals surface area contributed by atoms with E-state index < -0.39 is 10.9 Å². The summed E-state index contributed by atoms with van der Waals surface area (Å²) in [7, 11) is 0. The van der Waals surface area contributed by atoms with Crippen LogP contribution in [0.25, 0.3) is 0 Å². The van der Waals surface area contributed by atoms with Crippen LogP contribution in [0.3, 0.4) is 0 Å². The number of ether oxygens (including phenoxy) is 1. The molecule has 0 saturated heterocycles. The van der Waals surface area contributed by atoms with Crippen molar-refractivity contribution in [1.82, 2.24) is 0 Å². The number of nitro groups is 1. The average molecular weight is 257 g/mol. The van der Waals surface area contributed by atoms with E-state index in [0.717, 1.165) is 11.8 Å². The van der Waals surface area contributed by atoms with Crippen LogP contribution in [-0.2, 0) is 4.79 Å². The molecule has 0 spiro atoms. The number of rotatable bonds is 6. The Labute approximate surface area is 102 Å². The molecule has 0 heterocycles. The van der Waals surface area contributed by atoms with Crippen LogP contribution in [0.2, 0.25) is 0 Å². The predicted octanol–water partition coefficient (Wildman–Crippen LogP) is 2.17. The molecule has 0 radical (unpaired) electrons. The molecule has 0 aromatic heterocycles. The SMILES string of the molecule is CCOc1cccc(SCC(=O)O)c1[N+](=O)[O-]. The van der Waals surface area contributed by atoms with Gasteiger partial charge in [0, 0.05) is 0 Å². The van der Waals surface area contributed by atoms with Gasteiger partial charge in [-0.3, -0.25) is 14.9 Å². The molecule has 0 amide bonds. The van der Waals surface area contributed by atoms with Crippen LogP contribution in [0.15, 0.2) is 23.1 Å². The number of nitrogens with zero attached hydrogens (tertiary/aromatic N) is 1. The molecule has 0 aliphatic rings. The third kappa shape index (κ3) is 3.63. The Balaban J connectivity index is 3.06. The van der Waals surface area contributed by atoms with Crippen molar-refractivity contribution in [3.63, 3.8) is 0 Å². The zero-order chi connectivity index (χ0) is 12.8. The highest BCUT2D eigenvalue weighted by atomic mass is 32.2. The number of carboxylic acids is 1. The molecule has 0 aliphatic heterocycles. The Morgan fingerprint density at radius 2 is 2.29 bits per heavy atom. The highest BCUT2D eigenvalue weighted by Gasteiger charge is 2.21. The van der Waals surface area contributed by atoms with Crippen LogP contribution in [-0.4, -0.2) is 28.4 Å². The zero-order valence-corrected chi connectivity index (χ0v) is 9.90. The molecule has 1 aromatic carbocycles. The molecule has 0 aliphatic carbocycles. The first-order valence-corrected chi connectivity index (χ1v) is 5.79. The minimum Gasteiger partial charge on any atom is -0.487 e. The van der Waals surface area contributed by atoms with Gasteiger partial charge in [0.05, 0.1) is 22.2 Å². The summed E-state index contributed by atoms with van der Waals surface area (Å²) in [5, 5.41) is 19.5. The second kappa shape index (κ2) is 6.09. The van der Waals surface area contributed by atoms with Crippen LogP contribution >= 0.6 is 11.8 Å². The molecular formula is C10H11NO5S. The maximum absolute atomic E-state index is 10.9. The largest absolute Gasteiger partial charge is 0.487 e. The quantitative estimate of drug-likeness (QED) is 0.477. The van der Waals surface area contributed by atoms with Crippen molar-refractivity contribution >= 4 is 23.4 Å². The highest BCUT2D eigenvalue weighted by Crippen LogP contribution is 2.36. The number of hydrogen-bond donors (Lipinski definition) is 1. The molecule has 6 nitrogen and oxygen atoms in total. The number of aliphatic carboxylic acids is 1. The van der Waals surface area contributed by atoms with Gasteiger partial charge in [0.25, 0.3) is 0 Å². The second-order valence-corrected chi connectivity index (χ2v) is 3.99. The Kier molecular flexibility index (Phi) is 4.77. The molecule has 0 fully saturated rings. The zero-order valence-electron chi connectivity index (χ0n) is 9.08. The summed E-state index contributed by atoms with van der Waals surface area (Å²) in [6, 6.07) is 4.60. The van der Waals surface area contributed by atoms with E-state index in [9.17, 15) is 14.9 Å². The standard InChI is InChI=1S/C10H11NO5S/c1-2-16-7-4-3-5-8(10(7)11(14)15)17-6-9(12)13/h3-5H,2,6H2,1H3,(H,12,13). The summed E-state index contributed by atoms with van der Waals surface area (Å²) in [4.78, 5) is 21.1. The molecule has 1 aromatic rings. The van der Waals surface area contributed by atoms with E-state index in [-0.39, 0.29) is 17.2 Å². The number of para-hydroxylation sites is 1. The maximum Gasteiger partial charge on any atom is 0.324 e. The second-order valence-electron chi connectivity index (χ2n) is 2.98. The van der Waals surface area contributed by atoms with Gasteiger partial charge in [0.2, 0.25) is 0 Å². The van der Waals surface area contributed by atoms with Gasteiger partial charge in [-0.1, -0.05) is 6.07 Å². The van der Waals surface area contributed by atoms with Crippen molar-refractivity contribution in [2.75, 3.05) is 12.4 Å². The third-order valence-electron chi connectivity index (χ3n) is 1.80. The number of hydrogen-bond acceptors (Lipinski definition) is 5. The molecule has 0 bridgehead atoms. The minimum absolute atomic E-state index is 0.160. The number of carbonyl (C=O) groups is 1. The summed E-state index contributed by atoms with van der Waals surface area (Å²) in [6.45, 7) is 2.04. The van der Waals surface area contributed by atoms with Crippen molar-refractivity contribution < 1.29 is 19.6 Å². The van der Waals surface area contributed by atoms with Crippen LogP contribution in [0, 0.1) is 10.1 Å². The lowest BCUT2D eigenvalue weighted by molar-refractivity contribution is -0.388. The first-order chi connectivity index (χ1) is 8.06. The van der Waals surface area contributed by atoms with Crippen LogP contribution in [0.1, 0.15) is 6.92 Å². The van der Waals surface area contributed by atoms with Crippen LogP contribution in [0.4, 0.5) is 5.69 Å². The summed E-state index contributed by atoms with van der Waals surface area (Å²) >= 11 is 0.902. The Morgan fingerprint density at radius 3 is 2.82 bits per heavy atom. The van der Waals surface area contributed by atoms with Crippen molar-refractivity contribution in [2.45, 2.75) is 11.8 Å². The van der Waals surface area contributed by atoms with Crippen molar-refractivity contribution in [1.29, 1.82) is 0 Å². The fourth-order valence-electron chi connectivity index (χ4n) is 1.21. The molecule has 17 heavy (non-hydrogen) atoms.